The molecule has 3 rings (SSSR count). The van der Waals surface area contributed by atoms with Gasteiger partial charge in [-0.25, -0.2) is 4.98 Å². The highest BCUT2D eigenvalue weighted by Crippen LogP contribution is 2.09. The van der Waals surface area contributed by atoms with Crippen LogP contribution in [-0.2, 0) is 0 Å². The predicted molar refractivity (Wildman–Crippen MR) is 76.1 cm³/mol. The number of imidazole rings is 1. The van der Waals surface area contributed by atoms with Crippen LogP contribution in [-0.4, -0.2) is 30.6 Å². The fourth-order valence-corrected chi connectivity index (χ4v) is 1.83. The van der Waals surface area contributed by atoms with E-state index in [4.69, 9.17) is 0 Å². The molecule has 0 radical (unpaired) electrons. The lowest BCUT2D eigenvalue weighted by Crippen LogP contribution is -2.15. The molecule has 3 aromatic rings. The van der Waals surface area contributed by atoms with Gasteiger partial charge in [-0.15, -0.1) is 10.2 Å². The molecule has 0 spiro atoms. The monoisotopic (exact) mass is 280 g/mol. The average molecular weight is 280 g/mol. The molecular formula is C14H12N6O. The zero-order chi connectivity index (χ0) is 14.7. The van der Waals surface area contributed by atoms with Crippen LogP contribution in [0.15, 0.2) is 49.1 Å². The van der Waals surface area contributed by atoms with Crippen LogP contribution >= 0.6 is 0 Å². The molecule has 0 unspecified atom stereocenters. The SMILES string of the molecule is Cc1nccn1-c1ccc(C(=O)Nc2ccncc2)nn1. The van der Waals surface area contributed by atoms with Gasteiger partial charge < -0.3 is 5.32 Å². The lowest BCUT2D eigenvalue weighted by Gasteiger charge is -2.05. The maximum atomic E-state index is 12.0. The van der Waals surface area contributed by atoms with E-state index >= 15 is 0 Å². The van der Waals surface area contributed by atoms with Gasteiger partial charge in [0.25, 0.3) is 5.91 Å². The Kier molecular flexibility index (Phi) is 3.38. The molecule has 0 saturated heterocycles. The van der Waals surface area contributed by atoms with Crippen LogP contribution in [0, 0.1) is 6.92 Å². The second-order valence-electron chi connectivity index (χ2n) is 4.31. The maximum absolute atomic E-state index is 12.0. The Balaban J connectivity index is 1.78. The topological polar surface area (TPSA) is 85.6 Å². The van der Waals surface area contributed by atoms with Gasteiger partial charge >= 0.3 is 0 Å². The van der Waals surface area contributed by atoms with Crippen LogP contribution in [0.3, 0.4) is 0 Å². The summed E-state index contributed by atoms with van der Waals surface area (Å²) >= 11 is 0. The molecule has 0 aliphatic carbocycles. The number of nitrogens with zero attached hydrogens (tertiary/aromatic N) is 5. The molecule has 0 aromatic carbocycles. The van der Waals surface area contributed by atoms with Gasteiger partial charge in [-0.05, 0) is 31.2 Å². The van der Waals surface area contributed by atoms with E-state index in [9.17, 15) is 4.79 Å². The van der Waals surface area contributed by atoms with Crippen LogP contribution in [0.2, 0.25) is 0 Å². The summed E-state index contributed by atoms with van der Waals surface area (Å²) in [5.41, 5.74) is 0.902. The Labute approximate surface area is 120 Å². The van der Waals surface area contributed by atoms with Crippen molar-refractivity contribution in [1.82, 2.24) is 24.7 Å². The van der Waals surface area contributed by atoms with Gasteiger partial charge in [-0.2, -0.15) is 0 Å². The number of nitrogens with one attached hydrogen (secondary N) is 1. The minimum absolute atomic E-state index is 0.244. The summed E-state index contributed by atoms with van der Waals surface area (Å²) in [5, 5.41) is 10.7. The highest BCUT2D eigenvalue weighted by Gasteiger charge is 2.09. The van der Waals surface area contributed by atoms with Crippen molar-refractivity contribution in [1.29, 1.82) is 0 Å². The molecule has 0 bridgehead atoms. The van der Waals surface area contributed by atoms with Crippen molar-refractivity contribution in [3.05, 3.63) is 60.6 Å². The maximum Gasteiger partial charge on any atom is 0.276 e. The smallest absolute Gasteiger partial charge is 0.276 e. The lowest BCUT2D eigenvalue weighted by molar-refractivity contribution is 0.102. The first-order valence-corrected chi connectivity index (χ1v) is 6.29. The molecule has 1 N–H and O–H groups in total. The fraction of sp³-hybridized carbons (Fsp3) is 0.0714. The number of pyridine rings is 1. The molecular weight excluding hydrogens is 268 g/mol. The van der Waals surface area contributed by atoms with Crippen molar-refractivity contribution in [2.24, 2.45) is 0 Å². The molecule has 21 heavy (non-hydrogen) atoms. The zero-order valence-corrected chi connectivity index (χ0v) is 11.3. The summed E-state index contributed by atoms with van der Waals surface area (Å²) < 4.78 is 1.79. The lowest BCUT2D eigenvalue weighted by atomic mass is 10.3. The first-order chi connectivity index (χ1) is 10.2. The van der Waals surface area contributed by atoms with Crippen molar-refractivity contribution in [2.75, 3.05) is 5.32 Å². The number of amides is 1. The molecule has 0 saturated carbocycles. The van der Waals surface area contributed by atoms with Gasteiger partial charge in [0.15, 0.2) is 11.5 Å². The highest BCUT2D eigenvalue weighted by molar-refractivity contribution is 6.02. The molecule has 0 fully saturated rings. The van der Waals surface area contributed by atoms with Crippen LogP contribution in [0.1, 0.15) is 16.3 Å². The molecule has 7 nitrogen and oxygen atoms in total. The van der Waals surface area contributed by atoms with Crippen LogP contribution in [0.25, 0.3) is 5.82 Å². The van der Waals surface area contributed by atoms with Crippen molar-refractivity contribution in [3.8, 4) is 5.82 Å². The van der Waals surface area contributed by atoms with E-state index in [-0.39, 0.29) is 11.6 Å². The molecule has 0 aliphatic heterocycles. The molecule has 7 heteroatoms. The van der Waals surface area contributed by atoms with Gasteiger partial charge in [-0.3, -0.25) is 14.3 Å². The van der Waals surface area contributed by atoms with Gasteiger partial charge in [0.2, 0.25) is 0 Å². The van der Waals surface area contributed by atoms with Crippen molar-refractivity contribution in [3.63, 3.8) is 0 Å². The molecule has 0 atom stereocenters. The Morgan fingerprint density at radius 3 is 2.52 bits per heavy atom. The summed E-state index contributed by atoms with van der Waals surface area (Å²) in [4.78, 5) is 20.0. The Morgan fingerprint density at radius 2 is 1.90 bits per heavy atom. The van der Waals surface area contributed by atoms with Gasteiger partial charge in [0, 0.05) is 30.5 Å². The Morgan fingerprint density at radius 1 is 1.10 bits per heavy atom. The number of rotatable bonds is 3. The van der Waals surface area contributed by atoms with Crippen LogP contribution in [0.5, 0.6) is 0 Å². The number of hydrogen-bond donors (Lipinski definition) is 1. The summed E-state index contributed by atoms with van der Waals surface area (Å²) in [5.74, 6) is 1.10. The van der Waals surface area contributed by atoms with E-state index in [0.29, 0.717) is 11.5 Å². The number of anilines is 1. The number of hydrogen-bond acceptors (Lipinski definition) is 5. The van der Waals surface area contributed by atoms with E-state index < -0.39 is 0 Å². The van der Waals surface area contributed by atoms with Crippen molar-refractivity contribution in [2.45, 2.75) is 6.92 Å². The predicted octanol–water partition coefficient (Wildman–Crippen LogP) is 1.62. The standard InChI is InChI=1S/C14H12N6O/c1-10-16-8-9-20(10)13-3-2-12(18-19-13)14(21)17-11-4-6-15-7-5-11/h2-9H,1H3,(H,15,17,21). The third kappa shape index (κ3) is 2.76. The second-order valence-corrected chi connectivity index (χ2v) is 4.31. The number of aryl methyl sites for hydroxylation is 1. The third-order valence-corrected chi connectivity index (χ3v) is 2.89. The van der Waals surface area contributed by atoms with E-state index in [1.165, 1.54) is 0 Å². The zero-order valence-electron chi connectivity index (χ0n) is 11.3. The highest BCUT2D eigenvalue weighted by atomic mass is 16.1. The summed E-state index contributed by atoms with van der Waals surface area (Å²) in [7, 11) is 0. The van der Waals surface area contributed by atoms with Gasteiger partial charge in [0.05, 0.1) is 0 Å². The minimum Gasteiger partial charge on any atom is -0.320 e. The summed E-state index contributed by atoms with van der Waals surface area (Å²) in [6.45, 7) is 1.87. The first kappa shape index (κ1) is 12.9. The quantitative estimate of drug-likeness (QED) is 0.788. The van der Waals surface area contributed by atoms with E-state index in [2.05, 4.69) is 25.5 Å². The Bertz CT molecular complexity index is 751. The van der Waals surface area contributed by atoms with Crippen molar-refractivity contribution < 1.29 is 4.79 Å². The Hall–Kier alpha value is -3.09. The van der Waals surface area contributed by atoms with Crippen LogP contribution < -0.4 is 5.32 Å². The summed E-state index contributed by atoms with van der Waals surface area (Å²) in [6, 6.07) is 6.75. The van der Waals surface area contributed by atoms with Gasteiger partial charge in [0.1, 0.15) is 5.82 Å². The van der Waals surface area contributed by atoms with Gasteiger partial charge in [-0.1, -0.05) is 0 Å². The van der Waals surface area contributed by atoms with E-state index in [0.717, 1.165) is 5.82 Å². The average Bonchev–Trinajstić information content (AvgIpc) is 2.94. The van der Waals surface area contributed by atoms with E-state index in [1.54, 1.807) is 53.6 Å². The molecule has 3 aromatic heterocycles. The molecule has 3 heterocycles. The normalized spacial score (nSPS) is 10.3. The second kappa shape index (κ2) is 5.49. The first-order valence-electron chi connectivity index (χ1n) is 6.29. The fourth-order valence-electron chi connectivity index (χ4n) is 1.83. The summed E-state index contributed by atoms with van der Waals surface area (Å²) in [6.07, 6.45) is 6.68. The molecule has 104 valence electrons. The van der Waals surface area contributed by atoms with Crippen molar-refractivity contribution >= 4 is 11.6 Å². The van der Waals surface area contributed by atoms with E-state index in [1.807, 2.05) is 6.92 Å². The minimum atomic E-state index is -0.317. The largest absolute Gasteiger partial charge is 0.320 e. The number of carbonyl (C=O) groups is 1. The molecule has 0 aliphatic rings. The number of carbonyl (C=O) groups excluding carboxylic acids is 1. The van der Waals surface area contributed by atoms with Crippen LogP contribution in [0.4, 0.5) is 5.69 Å². The third-order valence-electron chi connectivity index (χ3n) is 2.89. The molecule has 1 amide bonds. The number of aromatic nitrogens is 5.